The van der Waals surface area contributed by atoms with Crippen LogP contribution >= 0.6 is 0 Å². The molecule has 0 saturated heterocycles. The molecule has 1 heterocycles. The Labute approximate surface area is 164 Å². The maximum Gasteiger partial charge on any atom is 0.317 e. The molecule has 6 nitrogen and oxygen atoms in total. The Bertz CT molecular complexity index is 934. The van der Waals surface area contributed by atoms with E-state index < -0.39 is 6.04 Å². The van der Waals surface area contributed by atoms with E-state index in [-0.39, 0.29) is 11.9 Å². The number of urea groups is 1. The maximum absolute atomic E-state index is 12.8. The minimum atomic E-state index is -0.648. The first-order chi connectivity index (χ1) is 13.5. The Kier molecular flexibility index (Phi) is 6.32. The third kappa shape index (κ3) is 4.91. The summed E-state index contributed by atoms with van der Waals surface area (Å²) in [6.07, 6.45) is 3.06. The van der Waals surface area contributed by atoms with E-state index in [2.05, 4.69) is 15.6 Å². The van der Waals surface area contributed by atoms with E-state index in [1.165, 1.54) is 4.90 Å². The van der Waals surface area contributed by atoms with E-state index in [4.69, 9.17) is 0 Å². The third-order valence-electron chi connectivity index (χ3n) is 4.68. The van der Waals surface area contributed by atoms with Gasteiger partial charge in [-0.25, -0.2) is 4.79 Å². The van der Waals surface area contributed by atoms with Crippen molar-refractivity contribution in [2.45, 2.75) is 18.9 Å². The number of aromatic nitrogens is 1. The zero-order valence-corrected chi connectivity index (χ0v) is 16.2. The summed E-state index contributed by atoms with van der Waals surface area (Å²) in [6.45, 7) is 0.519. The van der Waals surface area contributed by atoms with Crippen LogP contribution in [0.5, 0.6) is 0 Å². The summed E-state index contributed by atoms with van der Waals surface area (Å²) in [4.78, 5) is 29.6. The molecule has 0 radical (unpaired) electrons. The number of carbonyl (C=O) groups is 2. The van der Waals surface area contributed by atoms with Gasteiger partial charge in [0.2, 0.25) is 5.91 Å². The zero-order valence-electron chi connectivity index (χ0n) is 16.2. The van der Waals surface area contributed by atoms with Crippen molar-refractivity contribution in [3.05, 3.63) is 71.9 Å². The van der Waals surface area contributed by atoms with Gasteiger partial charge in [0.1, 0.15) is 6.04 Å². The van der Waals surface area contributed by atoms with Crippen LogP contribution in [0.15, 0.2) is 60.8 Å². The van der Waals surface area contributed by atoms with Crippen molar-refractivity contribution in [3.8, 4) is 0 Å². The lowest BCUT2D eigenvalue weighted by Gasteiger charge is -2.21. The number of amides is 3. The number of hydrogen-bond acceptors (Lipinski definition) is 2. The normalized spacial score (nSPS) is 11.8. The Morgan fingerprint density at radius 2 is 1.75 bits per heavy atom. The van der Waals surface area contributed by atoms with Crippen molar-refractivity contribution in [1.29, 1.82) is 0 Å². The molecule has 3 amide bonds. The molecule has 1 atom stereocenters. The van der Waals surface area contributed by atoms with Crippen LogP contribution in [-0.4, -0.2) is 48.5 Å². The second-order valence-corrected chi connectivity index (χ2v) is 6.99. The highest BCUT2D eigenvalue weighted by atomic mass is 16.2. The fraction of sp³-hybridized carbons (Fsp3) is 0.273. The quantitative estimate of drug-likeness (QED) is 0.591. The smallest absolute Gasteiger partial charge is 0.317 e. The molecule has 3 rings (SSSR count). The van der Waals surface area contributed by atoms with Crippen molar-refractivity contribution in [2.24, 2.45) is 0 Å². The van der Waals surface area contributed by atoms with Gasteiger partial charge in [0.25, 0.3) is 0 Å². The maximum atomic E-state index is 12.8. The summed E-state index contributed by atoms with van der Waals surface area (Å²) in [6, 6.07) is 17.0. The van der Waals surface area contributed by atoms with Crippen LogP contribution in [0.2, 0.25) is 0 Å². The van der Waals surface area contributed by atoms with Crippen LogP contribution in [0.25, 0.3) is 10.9 Å². The summed E-state index contributed by atoms with van der Waals surface area (Å²) in [5, 5.41) is 6.84. The predicted octanol–water partition coefficient (Wildman–Crippen LogP) is 2.71. The third-order valence-corrected chi connectivity index (χ3v) is 4.68. The second kappa shape index (κ2) is 9.08. The van der Waals surface area contributed by atoms with Crippen LogP contribution in [0.1, 0.15) is 11.1 Å². The number of carbonyl (C=O) groups excluding carboxylic acids is 2. The van der Waals surface area contributed by atoms with Crippen LogP contribution in [-0.2, 0) is 17.6 Å². The van der Waals surface area contributed by atoms with E-state index in [0.717, 1.165) is 28.5 Å². The van der Waals surface area contributed by atoms with E-state index in [0.29, 0.717) is 13.0 Å². The number of benzene rings is 2. The lowest BCUT2D eigenvalue weighted by Crippen LogP contribution is -2.51. The molecule has 28 heavy (non-hydrogen) atoms. The van der Waals surface area contributed by atoms with E-state index >= 15 is 0 Å². The van der Waals surface area contributed by atoms with Gasteiger partial charge in [0.05, 0.1) is 0 Å². The molecule has 0 spiro atoms. The molecular formula is C22H26N4O2. The molecule has 0 fully saturated rings. The van der Waals surface area contributed by atoms with E-state index in [9.17, 15) is 9.59 Å². The Balaban J connectivity index is 1.68. The Morgan fingerprint density at radius 3 is 2.50 bits per heavy atom. The van der Waals surface area contributed by atoms with Crippen LogP contribution in [0.3, 0.4) is 0 Å². The van der Waals surface area contributed by atoms with Gasteiger partial charge in [-0.3, -0.25) is 4.79 Å². The average Bonchev–Trinajstić information content (AvgIpc) is 3.11. The van der Waals surface area contributed by atoms with Crippen LogP contribution < -0.4 is 10.6 Å². The standard InChI is InChI=1S/C22H26N4O2/c1-26(2)22(28)25-20(14-17-15-24-19-11-7-6-10-18(17)19)21(27)23-13-12-16-8-4-3-5-9-16/h3-11,15,20,24H,12-14H2,1-2H3,(H,23,27)(H,25,28)/t20-/m0/s1. The molecule has 6 heteroatoms. The Hall–Kier alpha value is -3.28. The van der Waals surface area contributed by atoms with Gasteiger partial charge in [-0.1, -0.05) is 48.5 Å². The van der Waals surface area contributed by atoms with E-state index in [1.807, 2.05) is 60.8 Å². The van der Waals surface area contributed by atoms with Crippen molar-refractivity contribution in [3.63, 3.8) is 0 Å². The minimum absolute atomic E-state index is 0.184. The number of para-hydroxylation sites is 1. The molecule has 3 N–H and O–H groups in total. The summed E-state index contributed by atoms with van der Waals surface area (Å²) < 4.78 is 0. The summed E-state index contributed by atoms with van der Waals surface area (Å²) in [5.41, 5.74) is 3.17. The number of nitrogens with zero attached hydrogens (tertiary/aromatic N) is 1. The molecule has 0 aliphatic rings. The molecule has 2 aromatic carbocycles. The molecular weight excluding hydrogens is 352 g/mol. The fourth-order valence-corrected chi connectivity index (χ4v) is 3.11. The molecule has 1 aromatic heterocycles. The molecule has 0 aliphatic heterocycles. The van der Waals surface area contributed by atoms with Gasteiger partial charge in [0.15, 0.2) is 0 Å². The van der Waals surface area contributed by atoms with Crippen molar-refractivity contribution < 1.29 is 9.59 Å². The summed E-state index contributed by atoms with van der Waals surface area (Å²) in [5.74, 6) is -0.184. The molecule has 0 aliphatic carbocycles. The highest BCUT2D eigenvalue weighted by Crippen LogP contribution is 2.19. The lowest BCUT2D eigenvalue weighted by atomic mass is 10.0. The van der Waals surface area contributed by atoms with Crippen molar-refractivity contribution in [2.75, 3.05) is 20.6 Å². The largest absolute Gasteiger partial charge is 0.361 e. The van der Waals surface area contributed by atoms with Gasteiger partial charge in [-0.05, 0) is 23.6 Å². The van der Waals surface area contributed by atoms with E-state index in [1.54, 1.807) is 14.1 Å². The van der Waals surface area contributed by atoms with Gasteiger partial charge in [0, 0.05) is 44.2 Å². The molecule has 146 valence electrons. The first-order valence-corrected chi connectivity index (χ1v) is 9.39. The minimum Gasteiger partial charge on any atom is -0.361 e. The van der Waals surface area contributed by atoms with Crippen molar-refractivity contribution in [1.82, 2.24) is 20.5 Å². The molecule has 0 unspecified atom stereocenters. The lowest BCUT2D eigenvalue weighted by molar-refractivity contribution is -0.122. The topological polar surface area (TPSA) is 77.2 Å². The van der Waals surface area contributed by atoms with Gasteiger partial charge in [-0.15, -0.1) is 0 Å². The summed E-state index contributed by atoms with van der Waals surface area (Å²) in [7, 11) is 3.32. The van der Waals surface area contributed by atoms with Gasteiger partial charge >= 0.3 is 6.03 Å². The van der Waals surface area contributed by atoms with Crippen LogP contribution in [0, 0.1) is 0 Å². The number of H-pyrrole nitrogens is 1. The number of rotatable bonds is 7. The number of aromatic amines is 1. The Morgan fingerprint density at radius 1 is 1.04 bits per heavy atom. The van der Waals surface area contributed by atoms with Gasteiger partial charge < -0.3 is 20.5 Å². The molecule has 0 saturated carbocycles. The first kappa shape index (κ1) is 19.5. The fourth-order valence-electron chi connectivity index (χ4n) is 3.11. The monoisotopic (exact) mass is 378 g/mol. The molecule has 0 bridgehead atoms. The zero-order chi connectivity index (χ0) is 19.9. The summed E-state index contributed by atoms with van der Waals surface area (Å²) >= 11 is 0. The highest BCUT2D eigenvalue weighted by Gasteiger charge is 2.23. The number of fused-ring (bicyclic) bond motifs is 1. The van der Waals surface area contributed by atoms with Crippen LogP contribution in [0.4, 0.5) is 4.79 Å². The van der Waals surface area contributed by atoms with Gasteiger partial charge in [-0.2, -0.15) is 0 Å². The first-order valence-electron chi connectivity index (χ1n) is 9.39. The average molecular weight is 378 g/mol. The van der Waals surface area contributed by atoms with Crippen molar-refractivity contribution >= 4 is 22.8 Å². The highest BCUT2D eigenvalue weighted by molar-refractivity contribution is 5.89. The number of hydrogen-bond donors (Lipinski definition) is 3. The predicted molar refractivity (Wildman–Crippen MR) is 111 cm³/mol. The molecule has 3 aromatic rings. The second-order valence-electron chi connectivity index (χ2n) is 6.99. The number of nitrogens with one attached hydrogen (secondary N) is 3. The SMILES string of the molecule is CN(C)C(=O)N[C@@H](Cc1c[nH]c2ccccc12)C(=O)NCCc1ccccc1.